The molecule has 2 aromatic carbocycles. The molecule has 1 heterocycles. The van der Waals surface area contributed by atoms with Crippen LogP contribution in [0.25, 0.3) is 0 Å². The van der Waals surface area contributed by atoms with Gasteiger partial charge in [0.2, 0.25) is 5.78 Å². The monoisotopic (exact) mass is 326 g/mol. The van der Waals surface area contributed by atoms with Crippen LogP contribution in [0.5, 0.6) is 0 Å². The van der Waals surface area contributed by atoms with E-state index in [0.29, 0.717) is 16.3 Å². The number of benzene rings is 2. The first-order chi connectivity index (χ1) is 11.0. The van der Waals surface area contributed by atoms with Crippen molar-refractivity contribution in [3.05, 3.63) is 76.5 Å². The highest BCUT2D eigenvalue weighted by molar-refractivity contribution is 6.31. The van der Waals surface area contributed by atoms with Crippen LogP contribution in [0.15, 0.2) is 54.7 Å². The molecule has 0 saturated heterocycles. The minimum atomic E-state index is -0.427. The fourth-order valence-electron chi connectivity index (χ4n) is 2.26. The van der Waals surface area contributed by atoms with Crippen LogP contribution in [0.2, 0.25) is 5.02 Å². The SMILES string of the molecule is C=C1NC(=O)c2cc(NC(=O)c3cccc(Cl)c3)ccc2C1=O. The number of Topliss-reactive ketones (excluding diaryl/α,β-unsaturated/α-hetero) is 1. The molecule has 23 heavy (non-hydrogen) atoms. The molecule has 0 spiro atoms. The maximum absolute atomic E-state index is 12.2. The molecule has 114 valence electrons. The third kappa shape index (κ3) is 2.86. The molecule has 0 unspecified atom stereocenters. The van der Waals surface area contributed by atoms with Crippen molar-refractivity contribution in [2.24, 2.45) is 0 Å². The summed E-state index contributed by atoms with van der Waals surface area (Å²) < 4.78 is 0. The smallest absolute Gasteiger partial charge is 0.256 e. The number of ketones is 1. The molecule has 2 N–H and O–H groups in total. The van der Waals surface area contributed by atoms with Gasteiger partial charge in [-0.05, 0) is 36.4 Å². The van der Waals surface area contributed by atoms with Gasteiger partial charge < -0.3 is 10.6 Å². The molecule has 0 radical (unpaired) electrons. The Labute approximate surface area is 137 Å². The van der Waals surface area contributed by atoms with Crippen LogP contribution < -0.4 is 10.6 Å². The molecule has 1 aliphatic rings. The molecule has 0 fully saturated rings. The van der Waals surface area contributed by atoms with Crippen LogP contribution in [0.1, 0.15) is 31.1 Å². The molecule has 3 rings (SSSR count). The van der Waals surface area contributed by atoms with Gasteiger partial charge >= 0.3 is 0 Å². The zero-order valence-corrected chi connectivity index (χ0v) is 12.6. The van der Waals surface area contributed by atoms with Crippen LogP contribution in [-0.4, -0.2) is 17.6 Å². The highest BCUT2D eigenvalue weighted by Gasteiger charge is 2.26. The lowest BCUT2D eigenvalue weighted by molar-refractivity contribution is 0.0909. The van der Waals surface area contributed by atoms with E-state index in [-0.39, 0.29) is 28.5 Å². The van der Waals surface area contributed by atoms with E-state index in [1.54, 1.807) is 24.3 Å². The molecule has 0 aromatic heterocycles. The van der Waals surface area contributed by atoms with Gasteiger partial charge in [-0.1, -0.05) is 24.2 Å². The first-order valence-electron chi connectivity index (χ1n) is 6.71. The Balaban J connectivity index is 1.89. The van der Waals surface area contributed by atoms with E-state index >= 15 is 0 Å². The average Bonchev–Trinajstić information content (AvgIpc) is 2.53. The Morgan fingerprint density at radius 3 is 2.61 bits per heavy atom. The molecule has 2 amide bonds. The maximum Gasteiger partial charge on any atom is 0.256 e. The zero-order chi connectivity index (χ0) is 16.6. The fraction of sp³-hybridized carbons (Fsp3) is 0. The summed E-state index contributed by atoms with van der Waals surface area (Å²) in [6.45, 7) is 3.50. The number of carbonyl (C=O) groups excluding carboxylic acids is 3. The van der Waals surface area contributed by atoms with Crippen LogP contribution in [0, 0.1) is 0 Å². The summed E-state index contributed by atoms with van der Waals surface area (Å²) >= 11 is 5.86. The number of amides is 2. The van der Waals surface area contributed by atoms with Crippen molar-refractivity contribution in [1.82, 2.24) is 5.32 Å². The lowest BCUT2D eigenvalue weighted by atomic mass is 9.97. The van der Waals surface area contributed by atoms with Crippen molar-refractivity contribution in [1.29, 1.82) is 0 Å². The Bertz CT molecular complexity index is 874. The molecule has 0 saturated carbocycles. The molecule has 5 nitrogen and oxygen atoms in total. The predicted octanol–water partition coefficient (Wildman–Crippen LogP) is 3.03. The van der Waals surface area contributed by atoms with Crippen molar-refractivity contribution >= 4 is 34.9 Å². The maximum atomic E-state index is 12.2. The topological polar surface area (TPSA) is 75.3 Å². The van der Waals surface area contributed by atoms with Gasteiger partial charge in [0.1, 0.15) is 0 Å². The Morgan fingerprint density at radius 2 is 1.87 bits per heavy atom. The van der Waals surface area contributed by atoms with Crippen molar-refractivity contribution in [2.45, 2.75) is 0 Å². The molecular weight excluding hydrogens is 316 g/mol. The van der Waals surface area contributed by atoms with E-state index in [2.05, 4.69) is 17.2 Å². The zero-order valence-electron chi connectivity index (χ0n) is 11.9. The summed E-state index contributed by atoms with van der Waals surface area (Å²) in [6, 6.07) is 11.0. The minimum absolute atomic E-state index is 0.0400. The molecule has 0 atom stereocenters. The Kier molecular flexibility index (Phi) is 3.72. The summed E-state index contributed by atoms with van der Waals surface area (Å²) in [5.74, 6) is -1.13. The molecule has 0 aliphatic carbocycles. The predicted molar refractivity (Wildman–Crippen MR) is 86.8 cm³/mol. The summed E-state index contributed by atoms with van der Waals surface area (Å²) in [5.41, 5.74) is 1.30. The quantitative estimate of drug-likeness (QED) is 0.833. The number of hydrogen-bond acceptors (Lipinski definition) is 3. The number of halogens is 1. The van der Waals surface area contributed by atoms with E-state index in [0.717, 1.165) is 0 Å². The van der Waals surface area contributed by atoms with E-state index in [1.807, 2.05) is 0 Å². The van der Waals surface area contributed by atoms with Gasteiger partial charge in [0.05, 0.1) is 11.3 Å². The van der Waals surface area contributed by atoms with Gasteiger partial charge in [0, 0.05) is 21.8 Å². The van der Waals surface area contributed by atoms with Gasteiger partial charge in [-0.3, -0.25) is 14.4 Å². The molecular formula is C17H11ClN2O3. The second-order valence-corrected chi connectivity index (χ2v) is 5.42. The number of nitrogens with one attached hydrogen (secondary N) is 2. The van der Waals surface area contributed by atoms with E-state index < -0.39 is 5.91 Å². The average molecular weight is 327 g/mol. The fourth-order valence-corrected chi connectivity index (χ4v) is 2.45. The number of allylic oxidation sites excluding steroid dienone is 1. The molecule has 6 heteroatoms. The van der Waals surface area contributed by atoms with Gasteiger partial charge in [-0.25, -0.2) is 0 Å². The van der Waals surface area contributed by atoms with Gasteiger partial charge in [-0.2, -0.15) is 0 Å². The van der Waals surface area contributed by atoms with Crippen molar-refractivity contribution in [3.8, 4) is 0 Å². The Hall–Kier alpha value is -2.92. The summed E-state index contributed by atoms with van der Waals surface area (Å²) in [4.78, 5) is 36.1. The molecule has 1 aliphatic heterocycles. The van der Waals surface area contributed by atoms with Gasteiger partial charge in [0.25, 0.3) is 11.8 Å². The first kappa shape index (κ1) is 15.0. The normalized spacial score (nSPS) is 13.3. The molecule has 2 aromatic rings. The third-order valence-electron chi connectivity index (χ3n) is 3.39. The van der Waals surface area contributed by atoms with Crippen molar-refractivity contribution in [2.75, 3.05) is 5.32 Å². The number of carbonyl (C=O) groups is 3. The van der Waals surface area contributed by atoms with Gasteiger partial charge in [-0.15, -0.1) is 0 Å². The largest absolute Gasteiger partial charge is 0.322 e. The Morgan fingerprint density at radius 1 is 1.09 bits per heavy atom. The van der Waals surface area contributed by atoms with Crippen LogP contribution in [-0.2, 0) is 0 Å². The highest BCUT2D eigenvalue weighted by Crippen LogP contribution is 2.22. The number of fused-ring (bicyclic) bond motifs is 1. The lowest BCUT2D eigenvalue weighted by Gasteiger charge is -2.18. The van der Waals surface area contributed by atoms with E-state index in [9.17, 15) is 14.4 Å². The van der Waals surface area contributed by atoms with Crippen LogP contribution >= 0.6 is 11.6 Å². The van der Waals surface area contributed by atoms with E-state index in [1.165, 1.54) is 18.2 Å². The second kappa shape index (κ2) is 5.70. The van der Waals surface area contributed by atoms with Crippen LogP contribution in [0.4, 0.5) is 5.69 Å². The number of rotatable bonds is 2. The standard InChI is InChI=1S/C17H11ClN2O3/c1-9-15(21)13-6-5-12(8-14(13)17(23)19-9)20-16(22)10-3-2-4-11(18)7-10/h2-8H,1H2,(H,19,23)(H,20,22). The minimum Gasteiger partial charge on any atom is -0.322 e. The third-order valence-corrected chi connectivity index (χ3v) is 3.63. The number of anilines is 1. The van der Waals surface area contributed by atoms with Crippen molar-refractivity contribution < 1.29 is 14.4 Å². The number of hydrogen-bond donors (Lipinski definition) is 2. The van der Waals surface area contributed by atoms with Crippen molar-refractivity contribution in [3.63, 3.8) is 0 Å². The summed E-state index contributed by atoms with van der Waals surface area (Å²) in [6.07, 6.45) is 0. The lowest BCUT2D eigenvalue weighted by Crippen LogP contribution is -2.34. The molecule has 0 bridgehead atoms. The summed E-state index contributed by atoms with van der Waals surface area (Å²) in [7, 11) is 0. The van der Waals surface area contributed by atoms with E-state index in [4.69, 9.17) is 11.6 Å². The van der Waals surface area contributed by atoms with Crippen LogP contribution in [0.3, 0.4) is 0 Å². The second-order valence-electron chi connectivity index (χ2n) is 4.99. The van der Waals surface area contributed by atoms with Gasteiger partial charge in [0.15, 0.2) is 0 Å². The summed E-state index contributed by atoms with van der Waals surface area (Å²) in [5, 5.41) is 5.51. The first-order valence-corrected chi connectivity index (χ1v) is 7.09. The highest BCUT2D eigenvalue weighted by atomic mass is 35.5.